The summed E-state index contributed by atoms with van der Waals surface area (Å²) in [5.41, 5.74) is 0. The highest BCUT2D eigenvalue weighted by atomic mass is 32.2. The van der Waals surface area contributed by atoms with Gasteiger partial charge in [-0.2, -0.15) is 0 Å². The van der Waals surface area contributed by atoms with E-state index in [2.05, 4.69) is 10.0 Å². The average molecular weight is 286 g/mol. The van der Waals surface area contributed by atoms with Crippen molar-refractivity contribution in [2.24, 2.45) is 0 Å². The van der Waals surface area contributed by atoms with E-state index >= 15 is 0 Å². The Balaban J connectivity index is 1.92. The molecule has 2 N–H and O–H groups in total. The Bertz CT molecular complexity index is 504. The van der Waals surface area contributed by atoms with Crippen LogP contribution in [0.3, 0.4) is 0 Å². The Hall–Kier alpha value is -0.850. The zero-order chi connectivity index (χ0) is 13.9. The largest absolute Gasteiger partial charge is 0.465 e. The lowest BCUT2D eigenvalue weighted by atomic mass is 10.1. The van der Waals surface area contributed by atoms with Crippen molar-refractivity contribution in [2.45, 2.75) is 45.2 Å². The van der Waals surface area contributed by atoms with E-state index in [1.165, 1.54) is 0 Å². The standard InChI is InChI=1S/C13H22N2O3S/c1-10-6-7-13(18-10)11(2)15-19(16,17)9-12-5-3-4-8-14-12/h6-7,11-12,14-15H,3-5,8-9H2,1-2H3. The summed E-state index contributed by atoms with van der Waals surface area (Å²) in [6.07, 6.45) is 3.15. The molecule has 0 bridgehead atoms. The van der Waals surface area contributed by atoms with Gasteiger partial charge in [-0.3, -0.25) is 0 Å². The summed E-state index contributed by atoms with van der Waals surface area (Å²) in [5.74, 6) is 1.57. The fraction of sp³-hybridized carbons (Fsp3) is 0.692. The second kappa shape index (κ2) is 6.07. The van der Waals surface area contributed by atoms with E-state index in [4.69, 9.17) is 4.42 Å². The predicted octanol–water partition coefficient (Wildman–Crippen LogP) is 1.71. The second-order valence-corrected chi connectivity index (χ2v) is 7.01. The monoisotopic (exact) mass is 286 g/mol. The van der Waals surface area contributed by atoms with Crippen molar-refractivity contribution in [1.29, 1.82) is 0 Å². The van der Waals surface area contributed by atoms with E-state index in [1.54, 1.807) is 13.0 Å². The normalized spacial score (nSPS) is 22.3. The first-order valence-electron chi connectivity index (χ1n) is 6.76. The third-order valence-corrected chi connectivity index (χ3v) is 4.93. The number of furan rings is 1. The van der Waals surface area contributed by atoms with Crippen molar-refractivity contribution in [2.75, 3.05) is 12.3 Å². The molecule has 108 valence electrons. The van der Waals surface area contributed by atoms with E-state index in [0.29, 0.717) is 5.76 Å². The first-order valence-corrected chi connectivity index (χ1v) is 8.41. The number of aryl methyl sites for hydroxylation is 1. The van der Waals surface area contributed by atoms with Gasteiger partial charge >= 0.3 is 0 Å². The van der Waals surface area contributed by atoms with Gasteiger partial charge < -0.3 is 9.73 Å². The van der Waals surface area contributed by atoms with E-state index in [-0.39, 0.29) is 17.8 Å². The molecule has 0 spiro atoms. The fourth-order valence-electron chi connectivity index (χ4n) is 2.39. The molecule has 0 aliphatic carbocycles. The van der Waals surface area contributed by atoms with Gasteiger partial charge in [0.1, 0.15) is 11.5 Å². The lowest BCUT2D eigenvalue weighted by Crippen LogP contribution is -2.43. The van der Waals surface area contributed by atoms with Gasteiger partial charge in [0.15, 0.2) is 0 Å². The van der Waals surface area contributed by atoms with Gasteiger partial charge in [0.25, 0.3) is 0 Å². The molecule has 0 aromatic carbocycles. The maximum Gasteiger partial charge on any atom is 0.213 e. The van der Waals surface area contributed by atoms with Crippen LogP contribution in [0.25, 0.3) is 0 Å². The minimum absolute atomic E-state index is 0.0665. The molecule has 2 unspecified atom stereocenters. The minimum atomic E-state index is -3.29. The number of hydrogen-bond acceptors (Lipinski definition) is 4. The summed E-state index contributed by atoms with van der Waals surface area (Å²) in [6, 6.07) is 3.38. The molecule has 0 radical (unpaired) electrons. The smallest absolute Gasteiger partial charge is 0.213 e. The Labute approximate surface area is 114 Å². The van der Waals surface area contributed by atoms with Crippen LogP contribution in [-0.2, 0) is 10.0 Å². The van der Waals surface area contributed by atoms with Gasteiger partial charge in [-0.05, 0) is 45.4 Å². The zero-order valence-electron chi connectivity index (χ0n) is 11.5. The maximum absolute atomic E-state index is 12.1. The van der Waals surface area contributed by atoms with Gasteiger partial charge in [-0.25, -0.2) is 13.1 Å². The van der Waals surface area contributed by atoms with Crippen molar-refractivity contribution in [3.8, 4) is 0 Å². The lowest BCUT2D eigenvalue weighted by Gasteiger charge is -2.24. The van der Waals surface area contributed by atoms with E-state index in [9.17, 15) is 8.42 Å². The highest BCUT2D eigenvalue weighted by molar-refractivity contribution is 7.89. The molecule has 2 atom stereocenters. The Kier molecular flexibility index (Phi) is 4.65. The first-order chi connectivity index (χ1) is 8.96. The van der Waals surface area contributed by atoms with Gasteiger partial charge in [0, 0.05) is 6.04 Å². The second-order valence-electron chi connectivity index (χ2n) is 5.22. The van der Waals surface area contributed by atoms with Crippen molar-refractivity contribution >= 4 is 10.0 Å². The summed E-state index contributed by atoms with van der Waals surface area (Å²) < 4.78 is 32.3. The Morgan fingerprint density at radius 2 is 2.26 bits per heavy atom. The zero-order valence-corrected chi connectivity index (χ0v) is 12.3. The highest BCUT2D eigenvalue weighted by Gasteiger charge is 2.23. The average Bonchev–Trinajstić information content (AvgIpc) is 2.76. The van der Waals surface area contributed by atoms with Gasteiger partial charge in [0.05, 0.1) is 11.8 Å². The third-order valence-electron chi connectivity index (χ3n) is 3.38. The Morgan fingerprint density at radius 1 is 1.47 bits per heavy atom. The van der Waals surface area contributed by atoms with Crippen LogP contribution in [0.4, 0.5) is 0 Å². The molecular weight excluding hydrogens is 264 g/mol. The van der Waals surface area contributed by atoms with E-state index < -0.39 is 10.0 Å². The van der Waals surface area contributed by atoms with Gasteiger partial charge in [0.2, 0.25) is 10.0 Å². The molecule has 1 aromatic rings. The minimum Gasteiger partial charge on any atom is -0.465 e. The van der Waals surface area contributed by atoms with Crippen molar-refractivity contribution in [3.63, 3.8) is 0 Å². The molecule has 6 heteroatoms. The molecule has 19 heavy (non-hydrogen) atoms. The van der Waals surface area contributed by atoms with Crippen LogP contribution >= 0.6 is 0 Å². The quantitative estimate of drug-likeness (QED) is 0.864. The molecule has 1 aromatic heterocycles. The van der Waals surface area contributed by atoms with Gasteiger partial charge in [-0.1, -0.05) is 6.42 Å². The SMILES string of the molecule is Cc1ccc(C(C)NS(=O)(=O)CC2CCCCN2)o1. The topological polar surface area (TPSA) is 71.3 Å². The van der Waals surface area contributed by atoms with E-state index in [1.807, 2.05) is 13.0 Å². The van der Waals surface area contributed by atoms with Crippen molar-refractivity contribution in [3.05, 3.63) is 23.7 Å². The molecule has 2 rings (SSSR count). The number of piperidine rings is 1. The van der Waals surface area contributed by atoms with Crippen LogP contribution in [-0.4, -0.2) is 26.8 Å². The summed E-state index contributed by atoms with van der Waals surface area (Å²) in [4.78, 5) is 0. The molecule has 1 fully saturated rings. The van der Waals surface area contributed by atoms with Crippen LogP contribution in [0.2, 0.25) is 0 Å². The molecule has 0 amide bonds. The third kappa shape index (κ3) is 4.33. The number of hydrogen-bond donors (Lipinski definition) is 2. The fourth-order valence-corrected chi connectivity index (χ4v) is 3.96. The van der Waals surface area contributed by atoms with Crippen molar-refractivity contribution < 1.29 is 12.8 Å². The predicted molar refractivity (Wildman–Crippen MR) is 74.4 cm³/mol. The lowest BCUT2D eigenvalue weighted by molar-refractivity contribution is 0.416. The maximum atomic E-state index is 12.1. The molecule has 5 nitrogen and oxygen atoms in total. The van der Waals surface area contributed by atoms with Crippen LogP contribution in [0, 0.1) is 6.92 Å². The van der Waals surface area contributed by atoms with Crippen LogP contribution in [0.1, 0.15) is 43.7 Å². The van der Waals surface area contributed by atoms with Crippen LogP contribution in [0.5, 0.6) is 0 Å². The summed E-state index contributed by atoms with van der Waals surface area (Å²) >= 11 is 0. The Morgan fingerprint density at radius 3 is 2.84 bits per heavy atom. The van der Waals surface area contributed by atoms with Crippen LogP contribution < -0.4 is 10.0 Å². The van der Waals surface area contributed by atoms with Crippen LogP contribution in [0.15, 0.2) is 16.5 Å². The van der Waals surface area contributed by atoms with E-state index in [0.717, 1.165) is 31.6 Å². The molecule has 1 aliphatic rings. The van der Waals surface area contributed by atoms with Crippen molar-refractivity contribution in [1.82, 2.24) is 10.0 Å². The number of rotatable bonds is 5. The molecular formula is C13H22N2O3S. The molecule has 0 saturated carbocycles. The summed E-state index contributed by atoms with van der Waals surface area (Å²) in [6.45, 7) is 4.55. The molecule has 2 heterocycles. The number of nitrogens with one attached hydrogen (secondary N) is 2. The highest BCUT2D eigenvalue weighted by Crippen LogP contribution is 2.17. The number of sulfonamides is 1. The van der Waals surface area contributed by atoms with Gasteiger partial charge in [-0.15, -0.1) is 0 Å². The molecule has 1 aliphatic heterocycles. The first kappa shape index (κ1) is 14.6. The summed E-state index contributed by atoms with van der Waals surface area (Å²) in [7, 11) is -3.29. The summed E-state index contributed by atoms with van der Waals surface area (Å²) in [5, 5.41) is 3.25. The molecule has 1 saturated heterocycles.